The average molecular weight is 204 g/mol. The summed E-state index contributed by atoms with van der Waals surface area (Å²) in [5.41, 5.74) is 2.83. The lowest BCUT2D eigenvalue weighted by Gasteiger charge is -2.32. The van der Waals surface area contributed by atoms with Gasteiger partial charge in [0.25, 0.3) is 0 Å². The molecule has 0 saturated carbocycles. The molecule has 1 atom stereocenters. The quantitative estimate of drug-likeness (QED) is 0.674. The molecule has 0 heterocycles. The maximum atomic E-state index is 6.11. The van der Waals surface area contributed by atoms with Crippen LogP contribution >= 0.6 is 0 Å². The molecular weight excluding hydrogens is 184 g/mol. The predicted molar refractivity (Wildman–Crippen MR) is 63.0 cm³/mol. The highest BCUT2D eigenvalue weighted by Gasteiger charge is 2.24. The van der Waals surface area contributed by atoms with Crippen molar-refractivity contribution in [1.82, 2.24) is 0 Å². The molecule has 0 aromatic heterocycles. The van der Waals surface area contributed by atoms with E-state index in [1.165, 1.54) is 24.0 Å². The largest absolute Gasteiger partial charge is 0.368 e. The Balaban J connectivity index is 2.22. The summed E-state index contributed by atoms with van der Waals surface area (Å²) in [5.74, 6) is 0. The summed E-state index contributed by atoms with van der Waals surface area (Å²) in [5, 5.41) is 0. The van der Waals surface area contributed by atoms with Crippen molar-refractivity contribution in [3.05, 3.63) is 35.4 Å². The smallest absolute Gasteiger partial charge is 0.0834 e. The normalized spacial score (nSPS) is 21.1. The zero-order valence-corrected chi connectivity index (χ0v) is 9.92. The minimum atomic E-state index is -0.0465. The van der Waals surface area contributed by atoms with Crippen LogP contribution in [0.25, 0.3) is 0 Å². The summed E-state index contributed by atoms with van der Waals surface area (Å²) in [6.07, 6.45) is 3.92. The Morgan fingerprint density at radius 3 is 2.67 bits per heavy atom. The van der Waals surface area contributed by atoms with Crippen LogP contribution in [0.1, 0.15) is 50.8 Å². The Kier molecular flexibility index (Phi) is 2.83. The summed E-state index contributed by atoms with van der Waals surface area (Å²) < 4.78 is 6.11. The monoisotopic (exact) mass is 204 g/mol. The molecule has 0 bridgehead atoms. The highest BCUT2D eigenvalue weighted by molar-refractivity contribution is 5.31. The van der Waals surface area contributed by atoms with Gasteiger partial charge in [0, 0.05) is 0 Å². The SMILES string of the molecule is CC(C)(C)O[C@@H]1CCCc2ccccc21. The van der Waals surface area contributed by atoms with Gasteiger partial charge in [0.15, 0.2) is 0 Å². The van der Waals surface area contributed by atoms with Crippen molar-refractivity contribution < 1.29 is 4.74 Å². The molecule has 2 rings (SSSR count). The number of benzene rings is 1. The fourth-order valence-corrected chi connectivity index (χ4v) is 2.26. The van der Waals surface area contributed by atoms with E-state index in [1.54, 1.807) is 0 Å². The number of rotatable bonds is 1. The van der Waals surface area contributed by atoms with Crippen LogP contribution < -0.4 is 0 Å². The van der Waals surface area contributed by atoms with Crippen molar-refractivity contribution >= 4 is 0 Å². The standard InChI is InChI=1S/C14H20O/c1-14(2,3)15-13-10-6-8-11-7-4-5-9-12(11)13/h4-5,7,9,13H,6,8,10H2,1-3H3/t13-/m1/s1. The molecule has 0 saturated heterocycles. The molecule has 0 aliphatic heterocycles. The second-order valence-electron chi connectivity index (χ2n) is 5.31. The van der Waals surface area contributed by atoms with Crippen LogP contribution in [0.15, 0.2) is 24.3 Å². The molecule has 0 N–H and O–H groups in total. The van der Waals surface area contributed by atoms with Crippen molar-refractivity contribution in [2.45, 2.75) is 51.7 Å². The van der Waals surface area contributed by atoms with Crippen LogP contribution in [0.3, 0.4) is 0 Å². The lowest BCUT2D eigenvalue weighted by Crippen LogP contribution is -2.25. The molecule has 0 amide bonds. The summed E-state index contributed by atoms with van der Waals surface area (Å²) in [7, 11) is 0. The fraction of sp³-hybridized carbons (Fsp3) is 0.571. The van der Waals surface area contributed by atoms with Gasteiger partial charge < -0.3 is 4.74 Å². The third-order valence-electron chi connectivity index (χ3n) is 2.81. The molecule has 15 heavy (non-hydrogen) atoms. The molecule has 1 aromatic carbocycles. The van der Waals surface area contributed by atoms with Gasteiger partial charge in [-0.2, -0.15) is 0 Å². The second kappa shape index (κ2) is 3.97. The Bertz CT molecular complexity index is 335. The first-order valence-corrected chi connectivity index (χ1v) is 5.82. The molecular formula is C14H20O. The molecule has 0 spiro atoms. The van der Waals surface area contributed by atoms with E-state index in [0.717, 1.165) is 6.42 Å². The van der Waals surface area contributed by atoms with Crippen molar-refractivity contribution in [3.63, 3.8) is 0 Å². The second-order valence-corrected chi connectivity index (χ2v) is 5.31. The zero-order valence-electron chi connectivity index (χ0n) is 9.92. The summed E-state index contributed by atoms with van der Waals surface area (Å²) in [4.78, 5) is 0. The zero-order chi connectivity index (χ0) is 10.9. The topological polar surface area (TPSA) is 9.23 Å². The van der Waals surface area contributed by atoms with E-state index in [2.05, 4.69) is 45.0 Å². The highest BCUT2D eigenvalue weighted by atomic mass is 16.5. The van der Waals surface area contributed by atoms with E-state index in [9.17, 15) is 0 Å². The van der Waals surface area contributed by atoms with Gasteiger partial charge in [0.2, 0.25) is 0 Å². The molecule has 0 fully saturated rings. The van der Waals surface area contributed by atoms with Gasteiger partial charge in [-0.05, 0) is 51.2 Å². The van der Waals surface area contributed by atoms with Crippen LogP contribution in [-0.4, -0.2) is 5.60 Å². The fourth-order valence-electron chi connectivity index (χ4n) is 2.26. The number of hydrogen-bond donors (Lipinski definition) is 0. The average Bonchev–Trinajstić information content (AvgIpc) is 2.16. The van der Waals surface area contributed by atoms with E-state index < -0.39 is 0 Å². The van der Waals surface area contributed by atoms with Gasteiger partial charge in [0.1, 0.15) is 0 Å². The van der Waals surface area contributed by atoms with Crippen molar-refractivity contribution in [1.29, 1.82) is 0 Å². The van der Waals surface area contributed by atoms with Crippen LogP contribution in [0.4, 0.5) is 0 Å². The molecule has 82 valence electrons. The van der Waals surface area contributed by atoms with E-state index in [1.807, 2.05) is 0 Å². The lowest BCUT2D eigenvalue weighted by molar-refractivity contribution is -0.0683. The Labute approximate surface area is 92.5 Å². The minimum Gasteiger partial charge on any atom is -0.368 e. The van der Waals surface area contributed by atoms with Crippen molar-refractivity contribution in [3.8, 4) is 0 Å². The molecule has 1 nitrogen and oxygen atoms in total. The maximum Gasteiger partial charge on any atom is 0.0834 e. The Morgan fingerprint density at radius 2 is 1.93 bits per heavy atom. The van der Waals surface area contributed by atoms with Crippen molar-refractivity contribution in [2.75, 3.05) is 0 Å². The Hall–Kier alpha value is -0.820. The van der Waals surface area contributed by atoms with E-state index in [-0.39, 0.29) is 5.60 Å². The third-order valence-corrected chi connectivity index (χ3v) is 2.81. The first-order valence-electron chi connectivity index (χ1n) is 5.82. The molecule has 0 unspecified atom stereocenters. The van der Waals surface area contributed by atoms with Gasteiger partial charge in [0.05, 0.1) is 11.7 Å². The summed E-state index contributed by atoms with van der Waals surface area (Å²) in [6.45, 7) is 6.39. The molecule has 1 aromatic rings. The lowest BCUT2D eigenvalue weighted by atomic mass is 9.89. The number of fused-ring (bicyclic) bond motifs is 1. The molecule has 1 aliphatic carbocycles. The van der Waals surface area contributed by atoms with Gasteiger partial charge in [-0.25, -0.2) is 0 Å². The van der Waals surface area contributed by atoms with E-state index >= 15 is 0 Å². The summed E-state index contributed by atoms with van der Waals surface area (Å²) >= 11 is 0. The van der Waals surface area contributed by atoms with Crippen LogP contribution in [-0.2, 0) is 11.2 Å². The minimum absolute atomic E-state index is 0.0465. The van der Waals surface area contributed by atoms with Crippen LogP contribution in [0.5, 0.6) is 0 Å². The number of aryl methyl sites for hydroxylation is 1. The highest BCUT2D eigenvalue weighted by Crippen LogP contribution is 2.34. The molecule has 1 aliphatic rings. The first-order chi connectivity index (χ1) is 7.06. The third kappa shape index (κ3) is 2.60. The van der Waals surface area contributed by atoms with Gasteiger partial charge in [-0.3, -0.25) is 0 Å². The van der Waals surface area contributed by atoms with Gasteiger partial charge >= 0.3 is 0 Å². The number of hydrogen-bond acceptors (Lipinski definition) is 1. The molecule has 0 radical (unpaired) electrons. The van der Waals surface area contributed by atoms with Crippen molar-refractivity contribution in [2.24, 2.45) is 0 Å². The van der Waals surface area contributed by atoms with Crippen LogP contribution in [0, 0.1) is 0 Å². The first kappa shape index (κ1) is 10.7. The number of ether oxygens (including phenoxy) is 1. The molecule has 1 heteroatoms. The van der Waals surface area contributed by atoms with E-state index in [0.29, 0.717) is 6.10 Å². The predicted octanol–water partition coefficient (Wildman–Crippen LogP) is 3.88. The van der Waals surface area contributed by atoms with E-state index in [4.69, 9.17) is 4.74 Å². The maximum absolute atomic E-state index is 6.11. The summed E-state index contributed by atoms with van der Waals surface area (Å²) in [6, 6.07) is 8.68. The van der Waals surface area contributed by atoms with Gasteiger partial charge in [-0.15, -0.1) is 0 Å². The van der Waals surface area contributed by atoms with Gasteiger partial charge in [-0.1, -0.05) is 24.3 Å². The van der Waals surface area contributed by atoms with Crippen LogP contribution in [0.2, 0.25) is 0 Å². The Morgan fingerprint density at radius 1 is 1.20 bits per heavy atom.